The molecule has 0 bridgehead atoms. The zero-order valence-electron chi connectivity index (χ0n) is 18.3. The number of para-hydroxylation sites is 3. The monoisotopic (exact) mass is 431 g/mol. The third-order valence-corrected chi connectivity index (χ3v) is 5.62. The van der Waals surface area contributed by atoms with Crippen molar-refractivity contribution in [2.45, 2.75) is 33.2 Å². The Kier molecular flexibility index (Phi) is 5.81. The number of fused-ring (bicyclic) bond motifs is 1. The van der Waals surface area contributed by atoms with Gasteiger partial charge in [0.05, 0.1) is 16.9 Å². The minimum atomic E-state index is -0.557. The highest BCUT2D eigenvalue weighted by atomic mass is 16.5. The zero-order chi connectivity index (χ0) is 22.8. The Balaban J connectivity index is 1.53. The highest BCUT2D eigenvalue weighted by molar-refractivity contribution is 6.05. The largest absolute Gasteiger partial charge is 0.452 e. The lowest BCUT2D eigenvalue weighted by molar-refractivity contribution is -0.122. The average molecular weight is 431 g/mol. The van der Waals surface area contributed by atoms with E-state index in [1.165, 1.54) is 4.90 Å². The third-order valence-electron chi connectivity index (χ3n) is 5.62. The molecule has 0 unspecified atom stereocenters. The maximum atomic E-state index is 13.0. The van der Waals surface area contributed by atoms with Gasteiger partial charge in [-0.2, -0.15) is 0 Å². The van der Waals surface area contributed by atoms with Gasteiger partial charge in [0.25, 0.3) is 5.91 Å². The van der Waals surface area contributed by atoms with Crippen molar-refractivity contribution in [3.8, 4) is 5.69 Å². The molecule has 1 aromatic heterocycles. The van der Waals surface area contributed by atoms with Gasteiger partial charge in [-0.25, -0.2) is 4.79 Å². The number of benzene rings is 2. The standard InChI is InChI=1S/C25H25N3O4/c1-16-13-20(18(3)27(16)19-9-5-4-6-10-19)25(31)32-15-24(30)28-17(2)14-23(29)26-21-11-7-8-12-22(21)28/h4-13,17H,14-15H2,1-3H3,(H,26,29)/t17-/m1/s1. The van der Waals surface area contributed by atoms with Crippen LogP contribution < -0.4 is 10.2 Å². The van der Waals surface area contributed by atoms with E-state index in [4.69, 9.17) is 4.74 Å². The fourth-order valence-electron chi connectivity index (χ4n) is 4.19. The lowest BCUT2D eigenvalue weighted by Gasteiger charge is -2.27. The first-order valence-electron chi connectivity index (χ1n) is 10.5. The van der Waals surface area contributed by atoms with Gasteiger partial charge in [-0.1, -0.05) is 30.3 Å². The number of amides is 2. The molecule has 2 aromatic carbocycles. The molecule has 2 heterocycles. The summed E-state index contributed by atoms with van der Waals surface area (Å²) in [6.45, 7) is 5.15. The predicted molar refractivity (Wildman–Crippen MR) is 122 cm³/mol. The van der Waals surface area contributed by atoms with E-state index in [9.17, 15) is 14.4 Å². The number of hydrogen-bond acceptors (Lipinski definition) is 4. The van der Waals surface area contributed by atoms with Crippen LogP contribution in [0.25, 0.3) is 5.69 Å². The van der Waals surface area contributed by atoms with Gasteiger partial charge in [0.15, 0.2) is 6.61 Å². The second-order valence-electron chi connectivity index (χ2n) is 7.91. The number of hydrogen-bond donors (Lipinski definition) is 1. The van der Waals surface area contributed by atoms with Crippen LogP contribution in [-0.2, 0) is 14.3 Å². The van der Waals surface area contributed by atoms with E-state index < -0.39 is 12.6 Å². The quantitative estimate of drug-likeness (QED) is 0.633. The molecule has 32 heavy (non-hydrogen) atoms. The van der Waals surface area contributed by atoms with Crippen molar-refractivity contribution in [3.63, 3.8) is 0 Å². The highest BCUT2D eigenvalue weighted by Crippen LogP contribution is 2.31. The van der Waals surface area contributed by atoms with Crippen LogP contribution in [0, 0.1) is 13.8 Å². The lowest BCUT2D eigenvalue weighted by atomic mass is 10.1. The third kappa shape index (κ3) is 4.01. The van der Waals surface area contributed by atoms with Crippen molar-refractivity contribution in [2.75, 3.05) is 16.8 Å². The van der Waals surface area contributed by atoms with E-state index in [-0.39, 0.29) is 24.3 Å². The molecule has 164 valence electrons. The van der Waals surface area contributed by atoms with Crippen molar-refractivity contribution < 1.29 is 19.1 Å². The molecule has 0 saturated carbocycles. The molecule has 0 spiro atoms. The highest BCUT2D eigenvalue weighted by Gasteiger charge is 2.30. The van der Waals surface area contributed by atoms with Crippen LogP contribution in [0.2, 0.25) is 0 Å². The molecule has 3 aromatic rings. The minimum Gasteiger partial charge on any atom is -0.452 e. The Hall–Kier alpha value is -3.87. The molecular weight excluding hydrogens is 406 g/mol. The van der Waals surface area contributed by atoms with Gasteiger partial charge in [-0.15, -0.1) is 0 Å². The number of esters is 1. The van der Waals surface area contributed by atoms with Crippen molar-refractivity contribution in [1.29, 1.82) is 0 Å². The van der Waals surface area contributed by atoms with Gasteiger partial charge < -0.3 is 19.5 Å². The van der Waals surface area contributed by atoms with Crippen molar-refractivity contribution in [3.05, 3.63) is 77.6 Å². The molecule has 7 heteroatoms. The van der Waals surface area contributed by atoms with Crippen LogP contribution in [0.3, 0.4) is 0 Å². The van der Waals surface area contributed by atoms with Gasteiger partial charge in [0.1, 0.15) is 0 Å². The maximum absolute atomic E-state index is 13.0. The Morgan fingerprint density at radius 3 is 2.50 bits per heavy atom. The molecule has 0 fully saturated rings. The summed E-state index contributed by atoms with van der Waals surface area (Å²) in [5.74, 6) is -1.10. The van der Waals surface area contributed by atoms with Crippen LogP contribution >= 0.6 is 0 Å². The molecule has 0 radical (unpaired) electrons. The fraction of sp³-hybridized carbons (Fsp3) is 0.240. The van der Waals surface area contributed by atoms with Gasteiger partial charge in [-0.05, 0) is 51.1 Å². The Morgan fingerprint density at radius 2 is 1.75 bits per heavy atom. The molecule has 1 aliphatic heterocycles. The first-order chi connectivity index (χ1) is 15.4. The summed E-state index contributed by atoms with van der Waals surface area (Å²) in [5.41, 5.74) is 4.16. The van der Waals surface area contributed by atoms with Crippen molar-refractivity contribution >= 4 is 29.2 Å². The molecule has 0 saturated heterocycles. The molecule has 4 rings (SSSR count). The topological polar surface area (TPSA) is 80.6 Å². The average Bonchev–Trinajstić information content (AvgIpc) is 3.00. The second-order valence-corrected chi connectivity index (χ2v) is 7.91. The van der Waals surface area contributed by atoms with E-state index in [1.54, 1.807) is 37.3 Å². The van der Waals surface area contributed by atoms with Gasteiger partial charge >= 0.3 is 5.97 Å². The first-order valence-corrected chi connectivity index (χ1v) is 10.5. The zero-order valence-corrected chi connectivity index (χ0v) is 18.3. The van der Waals surface area contributed by atoms with Gasteiger partial charge in [0, 0.05) is 29.5 Å². The summed E-state index contributed by atoms with van der Waals surface area (Å²) in [6, 6.07) is 18.2. The summed E-state index contributed by atoms with van der Waals surface area (Å²) in [6.07, 6.45) is 0.159. The number of anilines is 2. The predicted octanol–water partition coefficient (Wildman–Crippen LogP) is 4.01. The molecular formula is C25H25N3O4. The molecule has 0 aliphatic carbocycles. The number of carbonyl (C=O) groups is 3. The summed E-state index contributed by atoms with van der Waals surface area (Å²) >= 11 is 0. The van der Waals surface area contributed by atoms with E-state index in [1.807, 2.05) is 48.7 Å². The smallest absolute Gasteiger partial charge is 0.340 e. The Labute approximate surface area is 186 Å². The van der Waals surface area contributed by atoms with Crippen molar-refractivity contribution in [2.24, 2.45) is 0 Å². The minimum absolute atomic E-state index is 0.159. The summed E-state index contributed by atoms with van der Waals surface area (Å²) < 4.78 is 7.39. The van der Waals surface area contributed by atoms with Crippen LogP contribution in [0.15, 0.2) is 60.7 Å². The van der Waals surface area contributed by atoms with Crippen LogP contribution in [0.5, 0.6) is 0 Å². The van der Waals surface area contributed by atoms with Crippen molar-refractivity contribution in [1.82, 2.24) is 4.57 Å². The number of carbonyl (C=O) groups excluding carboxylic acids is 3. The number of nitrogens with one attached hydrogen (secondary N) is 1. The van der Waals surface area contributed by atoms with Gasteiger partial charge in [0.2, 0.25) is 5.91 Å². The van der Waals surface area contributed by atoms with E-state index in [0.29, 0.717) is 16.9 Å². The van der Waals surface area contributed by atoms with Crippen LogP contribution in [0.4, 0.5) is 11.4 Å². The first kappa shape index (κ1) is 21.4. The molecule has 1 N–H and O–H groups in total. The second kappa shape index (κ2) is 8.70. The molecule has 7 nitrogen and oxygen atoms in total. The normalized spacial score (nSPS) is 15.5. The Morgan fingerprint density at radius 1 is 1.06 bits per heavy atom. The summed E-state index contributed by atoms with van der Waals surface area (Å²) in [7, 11) is 0. The number of nitrogens with zero attached hydrogens (tertiary/aromatic N) is 2. The number of aromatic nitrogens is 1. The number of ether oxygens (including phenoxy) is 1. The van der Waals surface area contributed by atoms with Crippen LogP contribution in [-0.4, -0.2) is 35.0 Å². The Bertz CT molecular complexity index is 1180. The number of rotatable bonds is 4. The van der Waals surface area contributed by atoms with E-state index >= 15 is 0 Å². The summed E-state index contributed by atoms with van der Waals surface area (Å²) in [5, 5.41) is 2.82. The number of aryl methyl sites for hydroxylation is 1. The summed E-state index contributed by atoms with van der Waals surface area (Å²) in [4.78, 5) is 39.5. The lowest BCUT2D eigenvalue weighted by Crippen LogP contribution is -2.41. The van der Waals surface area contributed by atoms with E-state index in [2.05, 4.69) is 5.32 Å². The van der Waals surface area contributed by atoms with Crippen LogP contribution in [0.1, 0.15) is 35.1 Å². The van der Waals surface area contributed by atoms with Gasteiger partial charge in [-0.3, -0.25) is 9.59 Å². The maximum Gasteiger partial charge on any atom is 0.340 e. The molecule has 1 aliphatic rings. The van der Waals surface area contributed by atoms with E-state index in [0.717, 1.165) is 17.1 Å². The molecule has 1 atom stereocenters. The fourth-order valence-corrected chi connectivity index (χ4v) is 4.19. The SMILES string of the molecule is Cc1cc(C(=O)OCC(=O)N2c3ccccc3NC(=O)C[C@H]2C)c(C)n1-c1ccccc1. The molecule has 2 amide bonds.